The van der Waals surface area contributed by atoms with E-state index in [4.69, 9.17) is 5.73 Å². The fourth-order valence-corrected chi connectivity index (χ4v) is 2.05. The van der Waals surface area contributed by atoms with Gasteiger partial charge in [-0.1, -0.05) is 25.1 Å². The van der Waals surface area contributed by atoms with Crippen LogP contribution in [0.25, 0.3) is 0 Å². The van der Waals surface area contributed by atoms with E-state index in [0.717, 1.165) is 6.54 Å². The van der Waals surface area contributed by atoms with E-state index in [1.165, 1.54) is 4.90 Å². The number of nitrogens with zero attached hydrogens (tertiary/aromatic N) is 1. The zero-order chi connectivity index (χ0) is 11.1. The largest absolute Gasteiger partial charge is 0.370 e. The van der Waals surface area contributed by atoms with Crippen molar-refractivity contribution in [1.29, 1.82) is 0 Å². The van der Waals surface area contributed by atoms with Crippen molar-refractivity contribution < 1.29 is 0 Å². The van der Waals surface area contributed by atoms with Gasteiger partial charge in [-0.2, -0.15) is 0 Å². The molecule has 0 aromatic heterocycles. The fourth-order valence-electron chi connectivity index (χ4n) is 1.10. The molecule has 0 aliphatic heterocycles. The summed E-state index contributed by atoms with van der Waals surface area (Å²) in [6.07, 6.45) is 0. The summed E-state index contributed by atoms with van der Waals surface area (Å²) in [6, 6.07) is 10.3. The molecule has 0 aliphatic carbocycles. The molecule has 0 aliphatic rings. The lowest BCUT2D eigenvalue weighted by Crippen LogP contribution is -2.35. The van der Waals surface area contributed by atoms with Crippen molar-refractivity contribution in [2.75, 3.05) is 13.6 Å². The van der Waals surface area contributed by atoms with Crippen molar-refractivity contribution in [2.45, 2.75) is 17.1 Å². The maximum absolute atomic E-state index is 5.54. The fraction of sp³-hybridized carbons (Fsp3) is 0.364. The number of rotatable bonds is 4. The SMILES string of the molecule is CN=C(N)NCC(C)Sc1ccccc1.I. The molecule has 1 rings (SSSR count). The smallest absolute Gasteiger partial charge is 0.188 e. The van der Waals surface area contributed by atoms with Crippen LogP contribution in [0.1, 0.15) is 6.92 Å². The van der Waals surface area contributed by atoms with E-state index >= 15 is 0 Å². The first kappa shape index (κ1) is 15.6. The van der Waals surface area contributed by atoms with Crippen molar-refractivity contribution in [3.63, 3.8) is 0 Å². The molecule has 16 heavy (non-hydrogen) atoms. The van der Waals surface area contributed by atoms with E-state index in [1.54, 1.807) is 7.05 Å². The second-order valence-corrected chi connectivity index (χ2v) is 4.74. The number of hydrogen-bond donors (Lipinski definition) is 2. The molecule has 0 spiro atoms. The first-order chi connectivity index (χ1) is 7.22. The summed E-state index contributed by atoms with van der Waals surface area (Å²) in [5.74, 6) is 0.496. The number of hydrogen-bond acceptors (Lipinski definition) is 2. The van der Waals surface area contributed by atoms with Gasteiger partial charge in [-0.3, -0.25) is 4.99 Å². The Bertz CT molecular complexity index is 316. The van der Waals surface area contributed by atoms with Crippen LogP contribution in [0.3, 0.4) is 0 Å². The molecular formula is C11H18IN3S. The second-order valence-electron chi connectivity index (χ2n) is 3.23. The molecule has 1 aromatic carbocycles. The molecule has 0 amide bonds. The van der Waals surface area contributed by atoms with Crippen LogP contribution in [-0.4, -0.2) is 24.8 Å². The number of guanidine groups is 1. The summed E-state index contributed by atoms with van der Waals surface area (Å²) < 4.78 is 0. The predicted octanol–water partition coefficient (Wildman–Crippen LogP) is 2.32. The lowest BCUT2D eigenvalue weighted by molar-refractivity contribution is 0.847. The maximum Gasteiger partial charge on any atom is 0.188 e. The number of thioether (sulfide) groups is 1. The molecule has 0 bridgehead atoms. The molecule has 0 radical (unpaired) electrons. The molecule has 1 atom stereocenters. The Hall–Kier alpha value is -0.430. The van der Waals surface area contributed by atoms with E-state index < -0.39 is 0 Å². The predicted molar refractivity (Wildman–Crippen MR) is 82.7 cm³/mol. The molecule has 0 saturated carbocycles. The van der Waals surface area contributed by atoms with Crippen molar-refractivity contribution in [3.8, 4) is 0 Å². The van der Waals surface area contributed by atoms with Crippen molar-refractivity contribution in [1.82, 2.24) is 5.32 Å². The van der Waals surface area contributed by atoms with E-state index in [0.29, 0.717) is 11.2 Å². The van der Waals surface area contributed by atoms with Crippen LogP contribution in [0.4, 0.5) is 0 Å². The standard InChI is InChI=1S/C11H17N3S.HI/c1-9(8-14-11(12)13-2)15-10-6-4-3-5-7-10;/h3-7,9H,8H2,1-2H3,(H3,12,13,14);1H. The number of halogens is 1. The van der Waals surface area contributed by atoms with E-state index in [2.05, 4.69) is 29.4 Å². The summed E-state index contributed by atoms with van der Waals surface area (Å²) in [4.78, 5) is 5.12. The minimum Gasteiger partial charge on any atom is -0.370 e. The lowest BCUT2D eigenvalue weighted by atomic mass is 10.4. The Kier molecular flexibility index (Phi) is 8.46. The van der Waals surface area contributed by atoms with Crippen LogP contribution in [-0.2, 0) is 0 Å². The molecule has 5 heteroatoms. The molecule has 1 unspecified atom stereocenters. The van der Waals surface area contributed by atoms with E-state index in [1.807, 2.05) is 30.0 Å². The normalized spacial score (nSPS) is 12.8. The third-order valence-electron chi connectivity index (χ3n) is 1.89. The zero-order valence-corrected chi connectivity index (χ0v) is 12.7. The van der Waals surface area contributed by atoms with Crippen molar-refractivity contribution >= 4 is 41.7 Å². The second kappa shape index (κ2) is 8.69. The molecule has 90 valence electrons. The molecule has 0 saturated heterocycles. The summed E-state index contributed by atoms with van der Waals surface area (Å²) in [5.41, 5.74) is 5.54. The number of nitrogens with two attached hydrogens (primary N) is 1. The van der Waals surface area contributed by atoms with Crippen LogP contribution in [0.2, 0.25) is 0 Å². The minimum absolute atomic E-state index is 0. The van der Waals surface area contributed by atoms with Crippen LogP contribution in [0.15, 0.2) is 40.2 Å². The average molecular weight is 351 g/mol. The van der Waals surface area contributed by atoms with Crippen molar-refractivity contribution in [3.05, 3.63) is 30.3 Å². The van der Waals surface area contributed by atoms with Gasteiger partial charge in [0.1, 0.15) is 0 Å². The van der Waals surface area contributed by atoms with Gasteiger partial charge in [0.25, 0.3) is 0 Å². The molecule has 0 fully saturated rings. The first-order valence-corrected chi connectivity index (χ1v) is 5.78. The van der Waals surface area contributed by atoms with Crippen molar-refractivity contribution in [2.24, 2.45) is 10.7 Å². The molecule has 1 aromatic rings. The quantitative estimate of drug-likeness (QED) is 0.379. The van der Waals surface area contributed by atoms with Crippen LogP contribution in [0, 0.1) is 0 Å². The molecule has 3 nitrogen and oxygen atoms in total. The summed E-state index contributed by atoms with van der Waals surface area (Å²) in [6.45, 7) is 2.98. The van der Waals surface area contributed by atoms with Gasteiger partial charge < -0.3 is 11.1 Å². The highest BCUT2D eigenvalue weighted by atomic mass is 127. The average Bonchev–Trinajstić information content (AvgIpc) is 2.27. The highest BCUT2D eigenvalue weighted by Gasteiger charge is 2.03. The van der Waals surface area contributed by atoms with Crippen LogP contribution >= 0.6 is 35.7 Å². The number of aliphatic imine (C=N–C) groups is 1. The Morgan fingerprint density at radius 3 is 2.62 bits per heavy atom. The minimum atomic E-state index is 0. The topological polar surface area (TPSA) is 50.4 Å². The monoisotopic (exact) mass is 351 g/mol. The maximum atomic E-state index is 5.54. The Morgan fingerprint density at radius 1 is 1.44 bits per heavy atom. The van der Waals surface area contributed by atoms with Crippen LogP contribution < -0.4 is 11.1 Å². The summed E-state index contributed by atoms with van der Waals surface area (Å²) in [7, 11) is 1.68. The summed E-state index contributed by atoms with van der Waals surface area (Å²) in [5, 5.41) is 3.52. The third-order valence-corrected chi connectivity index (χ3v) is 3.01. The lowest BCUT2D eigenvalue weighted by Gasteiger charge is -2.12. The van der Waals surface area contributed by atoms with Gasteiger partial charge in [0, 0.05) is 23.7 Å². The number of benzene rings is 1. The highest BCUT2D eigenvalue weighted by molar-refractivity contribution is 14.0. The van der Waals surface area contributed by atoms with Gasteiger partial charge in [0.15, 0.2) is 5.96 Å². The Balaban J connectivity index is 0.00000225. The molecule has 0 heterocycles. The van der Waals surface area contributed by atoms with Gasteiger partial charge in [-0.25, -0.2) is 0 Å². The van der Waals surface area contributed by atoms with Crippen LogP contribution in [0.5, 0.6) is 0 Å². The van der Waals surface area contributed by atoms with E-state index in [9.17, 15) is 0 Å². The number of nitrogens with one attached hydrogen (secondary N) is 1. The van der Waals surface area contributed by atoms with Gasteiger partial charge >= 0.3 is 0 Å². The van der Waals surface area contributed by atoms with Gasteiger partial charge in [-0.15, -0.1) is 35.7 Å². The Labute approximate surface area is 118 Å². The Morgan fingerprint density at radius 2 is 2.06 bits per heavy atom. The van der Waals surface area contributed by atoms with Gasteiger partial charge in [-0.05, 0) is 12.1 Å². The van der Waals surface area contributed by atoms with E-state index in [-0.39, 0.29) is 24.0 Å². The third kappa shape index (κ3) is 6.22. The zero-order valence-electron chi connectivity index (χ0n) is 9.51. The summed E-state index contributed by atoms with van der Waals surface area (Å²) >= 11 is 1.82. The highest BCUT2D eigenvalue weighted by Crippen LogP contribution is 2.21. The molecule has 3 N–H and O–H groups in total. The molecular weight excluding hydrogens is 333 g/mol. The van der Waals surface area contributed by atoms with Gasteiger partial charge in [0.05, 0.1) is 0 Å². The first-order valence-electron chi connectivity index (χ1n) is 4.90. The van der Waals surface area contributed by atoms with Gasteiger partial charge in [0.2, 0.25) is 0 Å².